The maximum atomic E-state index is 5.18. The molecule has 0 radical (unpaired) electrons. The van der Waals surface area contributed by atoms with E-state index >= 15 is 0 Å². The minimum atomic E-state index is 0.197. The molecule has 4 nitrogen and oxygen atoms in total. The number of aryl methyl sites for hydroxylation is 1. The summed E-state index contributed by atoms with van der Waals surface area (Å²) in [7, 11) is 0. The molecular weight excluding hydrogens is 258 g/mol. The van der Waals surface area contributed by atoms with Gasteiger partial charge in [-0.3, -0.25) is 0 Å². The molecule has 2 heterocycles. The highest BCUT2D eigenvalue weighted by atomic mass is 32.1. The van der Waals surface area contributed by atoms with Gasteiger partial charge in [-0.15, -0.1) is 11.3 Å². The number of nitrogens with zero attached hydrogens (tertiary/aromatic N) is 2. The van der Waals surface area contributed by atoms with Gasteiger partial charge < -0.3 is 9.84 Å². The van der Waals surface area contributed by atoms with Gasteiger partial charge in [0.2, 0.25) is 0 Å². The van der Waals surface area contributed by atoms with Crippen LogP contribution in [0.3, 0.4) is 0 Å². The predicted octanol–water partition coefficient (Wildman–Crippen LogP) is 3.44. The molecule has 0 fully saturated rings. The Morgan fingerprint density at radius 1 is 1.37 bits per heavy atom. The van der Waals surface area contributed by atoms with E-state index < -0.39 is 0 Å². The topological polar surface area (TPSA) is 51.0 Å². The molecule has 3 rings (SSSR count). The number of hydrogen-bond acceptors (Lipinski definition) is 5. The van der Waals surface area contributed by atoms with Crippen molar-refractivity contribution in [3.63, 3.8) is 0 Å². The average Bonchev–Trinajstić information content (AvgIpc) is 3.01. The lowest BCUT2D eigenvalue weighted by Crippen LogP contribution is -2.17. The molecule has 0 bridgehead atoms. The minimum absolute atomic E-state index is 0.197. The maximum absolute atomic E-state index is 5.18. The van der Waals surface area contributed by atoms with E-state index in [-0.39, 0.29) is 6.04 Å². The third-order valence-corrected chi connectivity index (χ3v) is 4.16. The van der Waals surface area contributed by atoms with Crippen LogP contribution in [0.25, 0.3) is 10.2 Å². The van der Waals surface area contributed by atoms with Gasteiger partial charge in [0.25, 0.3) is 0 Å². The van der Waals surface area contributed by atoms with Crippen LogP contribution < -0.4 is 5.32 Å². The van der Waals surface area contributed by atoms with E-state index in [4.69, 9.17) is 4.52 Å². The van der Waals surface area contributed by atoms with Crippen molar-refractivity contribution in [2.45, 2.75) is 26.4 Å². The van der Waals surface area contributed by atoms with Crippen LogP contribution in [0.1, 0.15) is 29.4 Å². The molecule has 1 unspecified atom stereocenters. The third-order valence-electron chi connectivity index (χ3n) is 2.94. The van der Waals surface area contributed by atoms with Gasteiger partial charge in [0.15, 0.2) is 5.76 Å². The highest BCUT2D eigenvalue weighted by molar-refractivity contribution is 7.18. The molecular formula is C14H15N3OS. The van der Waals surface area contributed by atoms with Crippen LogP contribution in [0.15, 0.2) is 34.9 Å². The van der Waals surface area contributed by atoms with Crippen LogP contribution in [0.4, 0.5) is 0 Å². The Labute approximate surface area is 115 Å². The zero-order chi connectivity index (χ0) is 13.2. The third kappa shape index (κ3) is 2.67. The Morgan fingerprint density at radius 3 is 2.95 bits per heavy atom. The van der Waals surface area contributed by atoms with Crippen molar-refractivity contribution in [1.82, 2.24) is 15.5 Å². The summed E-state index contributed by atoms with van der Waals surface area (Å²) in [6.07, 6.45) is 0. The van der Waals surface area contributed by atoms with E-state index in [0.29, 0.717) is 6.54 Å². The number of aromatic nitrogens is 2. The Hall–Kier alpha value is -1.72. The lowest BCUT2D eigenvalue weighted by Gasteiger charge is -2.08. The molecule has 2 aromatic heterocycles. The van der Waals surface area contributed by atoms with Gasteiger partial charge in [0, 0.05) is 6.07 Å². The molecule has 98 valence electrons. The SMILES string of the molecule is Cc1cc(CNC(C)c2nc3ccccc3s2)on1. The van der Waals surface area contributed by atoms with Gasteiger partial charge in [-0.2, -0.15) is 0 Å². The first-order valence-corrected chi connectivity index (χ1v) is 7.05. The summed E-state index contributed by atoms with van der Waals surface area (Å²) < 4.78 is 6.40. The predicted molar refractivity (Wildman–Crippen MR) is 76.1 cm³/mol. The number of benzene rings is 1. The first kappa shape index (κ1) is 12.3. The van der Waals surface area contributed by atoms with Gasteiger partial charge in [0.1, 0.15) is 5.01 Å². The van der Waals surface area contributed by atoms with E-state index in [9.17, 15) is 0 Å². The van der Waals surface area contributed by atoms with Gasteiger partial charge in [0.05, 0.1) is 28.5 Å². The number of thiazole rings is 1. The van der Waals surface area contributed by atoms with Crippen LogP contribution in [-0.2, 0) is 6.54 Å². The van der Waals surface area contributed by atoms with Crippen molar-refractivity contribution in [1.29, 1.82) is 0 Å². The summed E-state index contributed by atoms with van der Waals surface area (Å²) >= 11 is 1.73. The Morgan fingerprint density at radius 2 is 2.21 bits per heavy atom. The number of rotatable bonds is 4. The standard InChI is InChI=1S/C14H15N3OS/c1-9-7-11(18-17-9)8-15-10(2)14-16-12-5-3-4-6-13(12)19-14/h3-7,10,15H,8H2,1-2H3. The van der Waals surface area contributed by atoms with Crippen molar-refractivity contribution < 1.29 is 4.52 Å². The van der Waals surface area contributed by atoms with Gasteiger partial charge >= 0.3 is 0 Å². The number of para-hydroxylation sites is 1. The Kier molecular flexibility index (Phi) is 3.31. The molecule has 19 heavy (non-hydrogen) atoms. The molecule has 0 aliphatic rings. The lowest BCUT2D eigenvalue weighted by molar-refractivity contribution is 0.363. The first-order valence-electron chi connectivity index (χ1n) is 6.23. The zero-order valence-corrected chi connectivity index (χ0v) is 11.7. The summed E-state index contributed by atoms with van der Waals surface area (Å²) in [6, 6.07) is 10.3. The second-order valence-electron chi connectivity index (χ2n) is 4.56. The van der Waals surface area contributed by atoms with E-state index in [1.165, 1.54) is 4.70 Å². The van der Waals surface area contributed by atoms with Gasteiger partial charge in [-0.1, -0.05) is 17.3 Å². The molecule has 3 aromatic rings. The maximum Gasteiger partial charge on any atom is 0.150 e. The molecule has 0 aliphatic heterocycles. The molecule has 0 saturated carbocycles. The monoisotopic (exact) mass is 273 g/mol. The molecule has 0 amide bonds. The van der Waals surface area contributed by atoms with Gasteiger partial charge in [-0.05, 0) is 26.0 Å². The molecule has 5 heteroatoms. The largest absolute Gasteiger partial charge is 0.360 e. The van der Waals surface area contributed by atoms with E-state index in [1.54, 1.807) is 11.3 Å². The average molecular weight is 273 g/mol. The van der Waals surface area contributed by atoms with E-state index in [1.807, 2.05) is 31.2 Å². The first-order chi connectivity index (χ1) is 9.22. The fraction of sp³-hybridized carbons (Fsp3) is 0.286. The van der Waals surface area contributed by atoms with Crippen LogP contribution in [0.5, 0.6) is 0 Å². The molecule has 1 N–H and O–H groups in total. The van der Waals surface area contributed by atoms with Crippen LogP contribution in [0, 0.1) is 6.92 Å². The fourth-order valence-corrected chi connectivity index (χ4v) is 2.91. The molecule has 0 saturated heterocycles. The summed E-state index contributed by atoms with van der Waals surface area (Å²) in [6.45, 7) is 4.70. The second-order valence-corrected chi connectivity index (χ2v) is 5.62. The summed E-state index contributed by atoms with van der Waals surface area (Å²) in [5.74, 6) is 0.852. The minimum Gasteiger partial charge on any atom is -0.360 e. The number of fused-ring (bicyclic) bond motifs is 1. The van der Waals surface area contributed by atoms with Crippen molar-refractivity contribution in [2.75, 3.05) is 0 Å². The highest BCUT2D eigenvalue weighted by Gasteiger charge is 2.11. The quantitative estimate of drug-likeness (QED) is 0.791. The van der Waals surface area contributed by atoms with Crippen molar-refractivity contribution >= 4 is 21.6 Å². The fourth-order valence-electron chi connectivity index (χ4n) is 1.92. The Balaban J connectivity index is 1.71. The summed E-state index contributed by atoms with van der Waals surface area (Å²) in [5.41, 5.74) is 1.97. The number of nitrogens with one attached hydrogen (secondary N) is 1. The highest BCUT2D eigenvalue weighted by Crippen LogP contribution is 2.26. The van der Waals surface area contributed by atoms with Gasteiger partial charge in [-0.25, -0.2) is 4.98 Å². The van der Waals surface area contributed by atoms with Crippen molar-refractivity contribution in [3.05, 3.63) is 46.8 Å². The Bertz CT molecular complexity index is 656. The van der Waals surface area contributed by atoms with Crippen molar-refractivity contribution in [3.8, 4) is 0 Å². The number of hydrogen-bond donors (Lipinski definition) is 1. The van der Waals surface area contributed by atoms with Crippen LogP contribution >= 0.6 is 11.3 Å². The molecule has 0 aliphatic carbocycles. The summed E-state index contributed by atoms with van der Waals surface area (Å²) in [4.78, 5) is 4.64. The lowest BCUT2D eigenvalue weighted by atomic mass is 10.3. The normalized spacial score (nSPS) is 12.9. The smallest absolute Gasteiger partial charge is 0.150 e. The molecule has 1 atom stereocenters. The van der Waals surface area contributed by atoms with Crippen LogP contribution in [-0.4, -0.2) is 10.1 Å². The summed E-state index contributed by atoms with van der Waals surface area (Å²) in [5, 5.41) is 8.37. The zero-order valence-electron chi connectivity index (χ0n) is 10.9. The van der Waals surface area contributed by atoms with E-state index in [2.05, 4.69) is 28.4 Å². The van der Waals surface area contributed by atoms with Crippen LogP contribution in [0.2, 0.25) is 0 Å². The molecule has 1 aromatic carbocycles. The second kappa shape index (κ2) is 5.11. The van der Waals surface area contributed by atoms with E-state index in [0.717, 1.165) is 22.0 Å². The molecule has 0 spiro atoms. The van der Waals surface area contributed by atoms with Crippen molar-refractivity contribution in [2.24, 2.45) is 0 Å².